The first-order valence-corrected chi connectivity index (χ1v) is 10.3. The quantitative estimate of drug-likeness (QED) is 0.787. The molecule has 1 fully saturated rings. The van der Waals surface area contributed by atoms with Gasteiger partial charge in [-0.1, -0.05) is 0 Å². The number of aliphatic carboxylic acids is 1. The molecule has 0 saturated carbocycles. The summed E-state index contributed by atoms with van der Waals surface area (Å²) in [4.78, 5) is 23.0. The lowest BCUT2D eigenvalue weighted by Gasteiger charge is -2.38. The lowest BCUT2D eigenvalue weighted by Crippen LogP contribution is -2.47. The van der Waals surface area contributed by atoms with Crippen molar-refractivity contribution in [3.8, 4) is 0 Å². The lowest BCUT2D eigenvalue weighted by molar-refractivity contribution is -0.138. The Morgan fingerprint density at radius 3 is 2.85 bits per heavy atom. The highest BCUT2D eigenvalue weighted by Crippen LogP contribution is 2.31. The molecule has 9 heteroatoms. The fourth-order valence-electron chi connectivity index (χ4n) is 3.56. The average Bonchev–Trinajstić information content (AvgIpc) is 2.98. The molecule has 0 amide bonds. The van der Waals surface area contributed by atoms with E-state index in [0.29, 0.717) is 25.9 Å². The molecule has 0 aromatic carbocycles. The van der Waals surface area contributed by atoms with E-state index in [-0.39, 0.29) is 18.3 Å². The second-order valence-electron chi connectivity index (χ2n) is 7.14. The molecule has 8 nitrogen and oxygen atoms in total. The van der Waals surface area contributed by atoms with Crippen molar-refractivity contribution in [1.29, 1.82) is 0 Å². The van der Waals surface area contributed by atoms with Crippen molar-refractivity contribution in [3.05, 3.63) is 24.3 Å². The summed E-state index contributed by atoms with van der Waals surface area (Å²) in [6.07, 6.45) is 4.46. The summed E-state index contributed by atoms with van der Waals surface area (Å²) in [5.41, 5.74) is 1.62. The maximum atomic E-state index is 12.5. The van der Waals surface area contributed by atoms with Gasteiger partial charge in [0.1, 0.15) is 5.82 Å². The van der Waals surface area contributed by atoms with Crippen LogP contribution in [0.2, 0.25) is 0 Å². The third-order valence-electron chi connectivity index (χ3n) is 5.03. The minimum atomic E-state index is -3.36. The Hall–Kier alpha value is -2.00. The molecule has 26 heavy (non-hydrogen) atoms. The molecule has 0 radical (unpaired) electrons. The van der Waals surface area contributed by atoms with Crippen LogP contribution < -0.4 is 0 Å². The fourth-order valence-corrected chi connectivity index (χ4v) is 4.91. The van der Waals surface area contributed by atoms with E-state index in [9.17, 15) is 18.3 Å². The Kier molecular flexibility index (Phi) is 5.29. The van der Waals surface area contributed by atoms with E-state index in [0.717, 1.165) is 16.9 Å². The van der Waals surface area contributed by atoms with Crippen molar-refractivity contribution in [2.45, 2.75) is 38.4 Å². The Morgan fingerprint density at radius 2 is 2.19 bits per heavy atom. The number of fused-ring (bicyclic) bond motifs is 1. The smallest absolute Gasteiger partial charge is 0.303 e. The highest BCUT2D eigenvalue weighted by Gasteiger charge is 2.37. The van der Waals surface area contributed by atoms with Crippen LogP contribution >= 0.6 is 0 Å². The number of pyridine rings is 1. The SMILES string of the molecule is CC(C)S(=O)(=O)N1CC[C@@H](CC(=O)O)[C@@H](Cc2nc3ccncc3[nH]2)C1. The van der Waals surface area contributed by atoms with Crippen molar-refractivity contribution < 1.29 is 18.3 Å². The molecule has 3 heterocycles. The van der Waals surface area contributed by atoms with Crippen LogP contribution in [0.4, 0.5) is 0 Å². The van der Waals surface area contributed by atoms with E-state index < -0.39 is 21.2 Å². The first kappa shape index (κ1) is 18.8. The van der Waals surface area contributed by atoms with Gasteiger partial charge in [-0.2, -0.15) is 0 Å². The maximum absolute atomic E-state index is 12.5. The fraction of sp³-hybridized carbons (Fsp3) is 0.588. The molecule has 0 unspecified atom stereocenters. The number of sulfonamides is 1. The Balaban J connectivity index is 1.83. The van der Waals surface area contributed by atoms with Gasteiger partial charge in [-0.25, -0.2) is 17.7 Å². The third kappa shape index (κ3) is 3.88. The molecule has 2 aromatic rings. The van der Waals surface area contributed by atoms with Crippen molar-refractivity contribution in [3.63, 3.8) is 0 Å². The standard InChI is InChI=1S/C17H24N4O4S/c1-11(2)26(24,25)21-6-4-12(8-17(22)23)13(10-21)7-16-19-14-3-5-18-9-15(14)20-16/h3,5,9,11-13H,4,6-8,10H2,1-2H3,(H,19,20)(H,22,23)/t12-,13-/m0/s1. The number of nitrogens with one attached hydrogen (secondary N) is 1. The molecule has 0 aliphatic carbocycles. The maximum Gasteiger partial charge on any atom is 0.303 e. The molecule has 2 aromatic heterocycles. The molecule has 0 bridgehead atoms. The summed E-state index contributed by atoms with van der Waals surface area (Å²) in [5.74, 6) is -0.287. The number of hydrogen-bond acceptors (Lipinski definition) is 5. The largest absolute Gasteiger partial charge is 0.481 e. The van der Waals surface area contributed by atoms with Crippen LogP contribution in [0.3, 0.4) is 0 Å². The van der Waals surface area contributed by atoms with Gasteiger partial charge in [-0.15, -0.1) is 0 Å². The molecular formula is C17H24N4O4S. The van der Waals surface area contributed by atoms with Gasteiger partial charge >= 0.3 is 5.97 Å². The van der Waals surface area contributed by atoms with Gasteiger partial charge in [-0.05, 0) is 38.2 Å². The number of piperidine rings is 1. The summed E-state index contributed by atoms with van der Waals surface area (Å²) in [5, 5.41) is 8.72. The summed E-state index contributed by atoms with van der Waals surface area (Å²) < 4.78 is 26.6. The second-order valence-corrected chi connectivity index (χ2v) is 9.63. The van der Waals surface area contributed by atoms with Crippen LogP contribution in [-0.2, 0) is 21.2 Å². The number of imidazole rings is 1. The van der Waals surface area contributed by atoms with E-state index >= 15 is 0 Å². The number of carboxylic acid groups (broad SMARTS) is 1. The van der Waals surface area contributed by atoms with E-state index in [1.165, 1.54) is 4.31 Å². The number of aromatic nitrogens is 3. The number of carboxylic acids is 1. The Labute approximate surface area is 152 Å². The van der Waals surface area contributed by atoms with E-state index in [4.69, 9.17) is 0 Å². The topological polar surface area (TPSA) is 116 Å². The summed E-state index contributed by atoms with van der Waals surface area (Å²) in [6.45, 7) is 4.03. The zero-order chi connectivity index (χ0) is 18.9. The molecule has 0 spiro atoms. The number of hydrogen-bond donors (Lipinski definition) is 2. The van der Waals surface area contributed by atoms with E-state index in [2.05, 4.69) is 15.0 Å². The highest BCUT2D eigenvalue weighted by atomic mass is 32.2. The van der Waals surface area contributed by atoms with Crippen LogP contribution in [0.25, 0.3) is 11.0 Å². The van der Waals surface area contributed by atoms with E-state index in [1.807, 2.05) is 0 Å². The number of nitrogens with zero attached hydrogens (tertiary/aromatic N) is 3. The summed E-state index contributed by atoms with van der Waals surface area (Å²) >= 11 is 0. The van der Waals surface area contributed by atoms with Crippen molar-refractivity contribution in [1.82, 2.24) is 19.3 Å². The molecule has 1 aliphatic rings. The van der Waals surface area contributed by atoms with Gasteiger partial charge in [0.15, 0.2) is 0 Å². The van der Waals surface area contributed by atoms with Gasteiger partial charge in [0.05, 0.1) is 22.5 Å². The Morgan fingerprint density at radius 1 is 1.42 bits per heavy atom. The van der Waals surface area contributed by atoms with Crippen LogP contribution in [0.1, 0.15) is 32.5 Å². The molecule has 1 saturated heterocycles. The molecule has 2 atom stereocenters. The van der Waals surface area contributed by atoms with Gasteiger partial charge < -0.3 is 10.1 Å². The average molecular weight is 380 g/mol. The van der Waals surface area contributed by atoms with Crippen LogP contribution in [0.15, 0.2) is 18.5 Å². The summed E-state index contributed by atoms with van der Waals surface area (Å²) in [7, 11) is -3.36. The minimum absolute atomic E-state index is 0.0437. The highest BCUT2D eigenvalue weighted by molar-refractivity contribution is 7.89. The zero-order valence-corrected chi connectivity index (χ0v) is 15.7. The van der Waals surface area contributed by atoms with Crippen LogP contribution in [0, 0.1) is 11.8 Å². The van der Waals surface area contributed by atoms with Crippen molar-refractivity contribution in [2.75, 3.05) is 13.1 Å². The zero-order valence-electron chi connectivity index (χ0n) is 14.9. The first-order chi connectivity index (χ1) is 12.3. The predicted molar refractivity (Wildman–Crippen MR) is 97.1 cm³/mol. The molecule has 142 valence electrons. The molecule has 3 rings (SSSR count). The summed E-state index contributed by atoms with van der Waals surface area (Å²) in [6, 6.07) is 1.81. The van der Waals surface area contributed by atoms with Gasteiger partial charge in [-0.3, -0.25) is 9.78 Å². The van der Waals surface area contributed by atoms with Gasteiger partial charge in [0, 0.05) is 32.1 Å². The normalized spacial score (nSPS) is 22.1. The molecular weight excluding hydrogens is 356 g/mol. The number of rotatable bonds is 6. The van der Waals surface area contributed by atoms with Crippen LogP contribution in [-0.4, -0.2) is 57.1 Å². The lowest BCUT2D eigenvalue weighted by atomic mass is 9.82. The van der Waals surface area contributed by atoms with E-state index in [1.54, 1.807) is 32.3 Å². The third-order valence-corrected chi connectivity index (χ3v) is 7.28. The number of H-pyrrole nitrogens is 1. The molecule has 1 aliphatic heterocycles. The molecule has 2 N–H and O–H groups in total. The number of carbonyl (C=O) groups is 1. The van der Waals surface area contributed by atoms with Crippen LogP contribution in [0.5, 0.6) is 0 Å². The first-order valence-electron chi connectivity index (χ1n) is 8.76. The number of aromatic amines is 1. The Bertz CT molecular complexity index is 860. The minimum Gasteiger partial charge on any atom is -0.481 e. The second kappa shape index (κ2) is 7.32. The predicted octanol–water partition coefficient (Wildman–Crippen LogP) is 1.65. The van der Waals surface area contributed by atoms with Crippen molar-refractivity contribution >= 4 is 27.0 Å². The monoisotopic (exact) mass is 380 g/mol. The van der Waals surface area contributed by atoms with Crippen molar-refractivity contribution in [2.24, 2.45) is 11.8 Å². The van der Waals surface area contributed by atoms with Gasteiger partial charge in [0.25, 0.3) is 0 Å². The van der Waals surface area contributed by atoms with Gasteiger partial charge in [0.2, 0.25) is 10.0 Å².